The van der Waals surface area contributed by atoms with Gasteiger partial charge in [-0.15, -0.1) is 0 Å². The molecule has 0 spiro atoms. The third-order valence-corrected chi connectivity index (χ3v) is 4.94. The predicted molar refractivity (Wildman–Crippen MR) is 88.1 cm³/mol. The summed E-state index contributed by atoms with van der Waals surface area (Å²) in [6.45, 7) is 1.22. The molecule has 2 heterocycles. The maximum Gasteiger partial charge on any atom is 0.308 e. The van der Waals surface area contributed by atoms with E-state index in [0.717, 1.165) is 16.2 Å². The van der Waals surface area contributed by atoms with E-state index in [9.17, 15) is 9.59 Å². The number of nitrogens with zero attached hydrogens (tertiary/aromatic N) is 2. The lowest BCUT2D eigenvalue weighted by Crippen LogP contribution is -2.41. The van der Waals surface area contributed by atoms with Crippen LogP contribution in [0.2, 0.25) is 0 Å². The number of carbonyl (C=O) groups is 2. The standard InChI is InChI=1S/C16H19N3O3S/c1-22-15(21)11-6-8-19(9-7-11)14(20)10-23-16-17-12-4-2-3-5-13(12)18-16/h2-5,11H,6-10H2,1H3,(H,17,18). The van der Waals surface area contributed by atoms with Gasteiger partial charge in [-0.1, -0.05) is 23.9 Å². The van der Waals surface area contributed by atoms with Crippen molar-refractivity contribution in [2.45, 2.75) is 18.0 Å². The summed E-state index contributed by atoms with van der Waals surface area (Å²) >= 11 is 1.41. The summed E-state index contributed by atoms with van der Waals surface area (Å²) in [6, 6.07) is 7.79. The third-order valence-electron chi connectivity index (χ3n) is 4.08. The van der Waals surface area contributed by atoms with Gasteiger partial charge in [-0.3, -0.25) is 9.59 Å². The zero-order chi connectivity index (χ0) is 16.2. The average Bonchev–Trinajstić information content (AvgIpc) is 3.02. The minimum Gasteiger partial charge on any atom is -0.469 e. The Hall–Kier alpha value is -2.02. The maximum absolute atomic E-state index is 12.3. The molecule has 0 atom stereocenters. The Labute approximate surface area is 138 Å². The highest BCUT2D eigenvalue weighted by Gasteiger charge is 2.27. The third kappa shape index (κ3) is 3.67. The number of benzene rings is 1. The van der Waals surface area contributed by atoms with E-state index in [1.54, 1.807) is 0 Å². The highest BCUT2D eigenvalue weighted by atomic mass is 32.2. The molecule has 1 aromatic heterocycles. The van der Waals surface area contributed by atoms with Crippen molar-refractivity contribution in [2.24, 2.45) is 5.92 Å². The number of carbonyl (C=O) groups excluding carboxylic acids is 2. The van der Waals surface area contributed by atoms with Crippen molar-refractivity contribution in [2.75, 3.05) is 26.0 Å². The van der Waals surface area contributed by atoms with Gasteiger partial charge in [0.15, 0.2) is 5.16 Å². The Bertz CT molecular complexity index is 674. The number of H-pyrrole nitrogens is 1. The first kappa shape index (κ1) is 15.9. The van der Waals surface area contributed by atoms with Crippen LogP contribution in [0.1, 0.15) is 12.8 Å². The van der Waals surface area contributed by atoms with Crippen LogP contribution in [-0.2, 0) is 14.3 Å². The normalized spacial score (nSPS) is 15.8. The van der Waals surface area contributed by atoms with Gasteiger partial charge >= 0.3 is 5.97 Å². The van der Waals surface area contributed by atoms with Crippen molar-refractivity contribution in [3.8, 4) is 0 Å². The number of hydrogen-bond donors (Lipinski definition) is 1. The molecule has 1 amide bonds. The number of ether oxygens (including phenoxy) is 1. The predicted octanol–water partition coefficient (Wildman–Crippen LogP) is 2.07. The number of piperidine rings is 1. The number of para-hydroxylation sites is 2. The number of fused-ring (bicyclic) bond motifs is 1. The summed E-state index contributed by atoms with van der Waals surface area (Å²) in [5, 5.41) is 0.754. The molecule has 1 aliphatic heterocycles. The topological polar surface area (TPSA) is 75.3 Å². The highest BCUT2D eigenvalue weighted by molar-refractivity contribution is 7.99. The molecule has 0 unspecified atom stereocenters. The monoisotopic (exact) mass is 333 g/mol. The van der Waals surface area contributed by atoms with Gasteiger partial charge in [-0.25, -0.2) is 4.98 Å². The molecule has 1 N–H and O–H groups in total. The van der Waals surface area contributed by atoms with Gasteiger partial charge in [-0.2, -0.15) is 0 Å². The molecule has 0 aliphatic carbocycles. The van der Waals surface area contributed by atoms with E-state index < -0.39 is 0 Å². The van der Waals surface area contributed by atoms with Gasteiger partial charge in [-0.05, 0) is 25.0 Å². The molecule has 2 aromatic rings. The fraction of sp³-hybridized carbons (Fsp3) is 0.438. The van der Waals surface area contributed by atoms with E-state index in [0.29, 0.717) is 31.7 Å². The molecule has 0 saturated carbocycles. The maximum atomic E-state index is 12.3. The van der Waals surface area contributed by atoms with Crippen molar-refractivity contribution in [3.63, 3.8) is 0 Å². The smallest absolute Gasteiger partial charge is 0.308 e. The number of imidazole rings is 1. The van der Waals surface area contributed by atoms with Gasteiger partial charge in [0.1, 0.15) is 0 Å². The van der Waals surface area contributed by atoms with E-state index >= 15 is 0 Å². The second kappa shape index (κ2) is 7.04. The zero-order valence-corrected chi connectivity index (χ0v) is 13.8. The molecule has 7 heteroatoms. The number of likely N-dealkylation sites (tertiary alicyclic amines) is 1. The summed E-state index contributed by atoms with van der Waals surface area (Å²) in [4.78, 5) is 33.2. The molecule has 23 heavy (non-hydrogen) atoms. The average molecular weight is 333 g/mol. The summed E-state index contributed by atoms with van der Waals surface area (Å²) in [6.07, 6.45) is 1.35. The molecule has 122 valence electrons. The first-order valence-electron chi connectivity index (χ1n) is 7.60. The number of aromatic amines is 1. The van der Waals surface area contributed by atoms with Crippen molar-refractivity contribution in [1.82, 2.24) is 14.9 Å². The van der Waals surface area contributed by atoms with Gasteiger partial charge < -0.3 is 14.6 Å². The quantitative estimate of drug-likeness (QED) is 0.685. The molecule has 1 saturated heterocycles. The second-order valence-electron chi connectivity index (χ2n) is 5.53. The summed E-state index contributed by atoms with van der Waals surface area (Å²) in [5.74, 6) is 0.183. The zero-order valence-electron chi connectivity index (χ0n) is 12.9. The molecular formula is C16H19N3O3S. The number of amides is 1. The minimum absolute atomic E-state index is 0.0768. The molecule has 6 nitrogen and oxygen atoms in total. The summed E-state index contributed by atoms with van der Waals surface area (Å²) < 4.78 is 4.76. The summed E-state index contributed by atoms with van der Waals surface area (Å²) in [5.41, 5.74) is 1.88. The van der Waals surface area contributed by atoms with Crippen LogP contribution in [-0.4, -0.2) is 52.7 Å². The first-order chi connectivity index (χ1) is 11.2. The van der Waals surface area contributed by atoms with Gasteiger partial charge in [0.2, 0.25) is 5.91 Å². The van der Waals surface area contributed by atoms with Crippen LogP contribution in [0, 0.1) is 5.92 Å². The van der Waals surface area contributed by atoms with Crippen molar-refractivity contribution in [3.05, 3.63) is 24.3 Å². The molecule has 0 radical (unpaired) electrons. The van der Waals surface area contributed by atoms with Crippen LogP contribution in [0.4, 0.5) is 0 Å². The van der Waals surface area contributed by atoms with Crippen molar-refractivity contribution >= 4 is 34.7 Å². The van der Waals surface area contributed by atoms with E-state index in [1.165, 1.54) is 18.9 Å². The number of esters is 1. The molecule has 0 bridgehead atoms. The first-order valence-corrected chi connectivity index (χ1v) is 8.59. The molecule has 1 aliphatic rings. The fourth-order valence-electron chi connectivity index (χ4n) is 2.75. The fourth-order valence-corrected chi connectivity index (χ4v) is 3.54. The van der Waals surface area contributed by atoms with Crippen LogP contribution < -0.4 is 0 Å². The minimum atomic E-state index is -0.172. The number of hydrogen-bond acceptors (Lipinski definition) is 5. The lowest BCUT2D eigenvalue weighted by Gasteiger charge is -2.30. The van der Waals surface area contributed by atoms with Crippen LogP contribution >= 0.6 is 11.8 Å². The van der Waals surface area contributed by atoms with Gasteiger partial charge in [0.05, 0.1) is 29.8 Å². The van der Waals surface area contributed by atoms with E-state index in [4.69, 9.17) is 4.74 Å². The van der Waals surface area contributed by atoms with E-state index in [-0.39, 0.29) is 17.8 Å². The SMILES string of the molecule is COC(=O)C1CCN(C(=O)CSc2nc3ccccc3[nH]2)CC1. The lowest BCUT2D eigenvalue weighted by molar-refractivity contribution is -0.148. The van der Waals surface area contributed by atoms with Crippen LogP contribution in [0.15, 0.2) is 29.4 Å². The number of aromatic nitrogens is 2. The Morgan fingerprint density at radius 3 is 2.78 bits per heavy atom. The molecular weight excluding hydrogens is 314 g/mol. The van der Waals surface area contributed by atoms with Gasteiger partial charge in [0, 0.05) is 13.1 Å². The van der Waals surface area contributed by atoms with Crippen LogP contribution in [0.5, 0.6) is 0 Å². The molecule has 1 aromatic carbocycles. The Morgan fingerprint density at radius 1 is 1.35 bits per heavy atom. The number of methoxy groups -OCH3 is 1. The number of rotatable bonds is 4. The van der Waals surface area contributed by atoms with Crippen molar-refractivity contribution < 1.29 is 14.3 Å². The van der Waals surface area contributed by atoms with E-state index in [1.807, 2.05) is 29.2 Å². The number of nitrogens with one attached hydrogen (secondary N) is 1. The number of thioether (sulfide) groups is 1. The highest BCUT2D eigenvalue weighted by Crippen LogP contribution is 2.22. The largest absolute Gasteiger partial charge is 0.469 e. The van der Waals surface area contributed by atoms with Crippen LogP contribution in [0.25, 0.3) is 11.0 Å². The van der Waals surface area contributed by atoms with Gasteiger partial charge in [0.25, 0.3) is 0 Å². The second-order valence-corrected chi connectivity index (χ2v) is 6.49. The molecule has 3 rings (SSSR count). The lowest BCUT2D eigenvalue weighted by atomic mass is 9.97. The van der Waals surface area contributed by atoms with Crippen molar-refractivity contribution in [1.29, 1.82) is 0 Å². The Kier molecular flexibility index (Phi) is 4.85. The van der Waals surface area contributed by atoms with E-state index in [2.05, 4.69) is 9.97 Å². The Morgan fingerprint density at radius 2 is 2.09 bits per heavy atom. The Balaban J connectivity index is 1.51. The summed E-state index contributed by atoms with van der Waals surface area (Å²) in [7, 11) is 1.41. The molecule has 1 fully saturated rings. The van der Waals surface area contributed by atoms with Crippen LogP contribution in [0.3, 0.4) is 0 Å².